The normalized spacial score (nSPS) is 19.8. The van der Waals surface area contributed by atoms with Crippen LogP contribution in [0.25, 0.3) is 83.1 Å². The molecule has 462 valence electrons. The lowest BCUT2D eigenvalue weighted by Crippen LogP contribution is -2.19. The molecule has 3 aromatic heterocycles. The van der Waals surface area contributed by atoms with E-state index in [0.717, 1.165) is 13.0 Å². The maximum absolute atomic E-state index is 8.53. The quantitative estimate of drug-likeness (QED) is 0.0575. The Morgan fingerprint density at radius 2 is 0.844 bits per heavy atom. The van der Waals surface area contributed by atoms with Crippen LogP contribution in [0.3, 0.4) is 0 Å². The number of nitrogens with zero attached hydrogens (tertiary/aromatic N) is 9. The van der Waals surface area contributed by atoms with E-state index >= 15 is 0 Å². The molecule has 0 radical (unpaired) electrons. The van der Waals surface area contributed by atoms with Gasteiger partial charge in [0.2, 0.25) is 34.5 Å². The second kappa shape index (κ2) is 29.7. The van der Waals surface area contributed by atoms with Gasteiger partial charge in [0.1, 0.15) is 17.2 Å². The third-order valence-corrected chi connectivity index (χ3v) is 13.9. The summed E-state index contributed by atoms with van der Waals surface area (Å²) in [6.07, 6.45) is -1.98. The highest BCUT2D eigenvalue weighted by Crippen LogP contribution is 2.42. The van der Waals surface area contributed by atoms with Crippen molar-refractivity contribution in [3.63, 3.8) is 0 Å². The van der Waals surface area contributed by atoms with Gasteiger partial charge in [-0.3, -0.25) is 0 Å². The van der Waals surface area contributed by atoms with E-state index in [-0.39, 0.29) is 176 Å². The third kappa shape index (κ3) is 14.6. The van der Waals surface area contributed by atoms with E-state index < -0.39 is 97.6 Å². The third-order valence-electron chi connectivity index (χ3n) is 13.9. The minimum atomic E-state index is -1.70. The molecule has 0 fully saturated rings. The Balaban J connectivity index is 0.000000182. The smallest absolute Gasteiger partial charge is 0.256 e. The highest BCUT2D eigenvalue weighted by atomic mass is 16.5. The van der Waals surface area contributed by atoms with Crippen molar-refractivity contribution >= 4 is 17.1 Å². The zero-order valence-electron chi connectivity index (χ0n) is 75.8. The fraction of sp³-hybridized carbons (Fsp3) is 0.375. The molecule has 0 aliphatic heterocycles. The molecular weight excluding hydrogens is 1130 g/mol. The number of fused-ring (bicyclic) bond motifs is 3. The van der Waals surface area contributed by atoms with Gasteiger partial charge in [0.05, 0.1) is 62.6 Å². The topological polar surface area (TPSA) is 194 Å². The molecule has 3 aliphatic rings. The first-order chi connectivity index (χ1) is 53.6. The van der Waals surface area contributed by atoms with Crippen LogP contribution < -0.4 is 30.2 Å². The van der Waals surface area contributed by atoms with Crippen LogP contribution >= 0.6 is 0 Å². The zero-order valence-corrected chi connectivity index (χ0v) is 50.8. The monoisotopic (exact) mass is 1230 g/mol. The summed E-state index contributed by atoms with van der Waals surface area (Å²) in [6, 6.07) is -7.71. The van der Waals surface area contributed by atoms with Crippen molar-refractivity contribution in [2.45, 2.75) is 156 Å². The molecule has 3 atom stereocenters. The predicted molar refractivity (Wildman–Crippen MR) is 350 cm³/mol. The lowest BCUT2D eigenvalue weighted by atomic mass is 10.0. The largest absolute Gasteiger partial charge is 0.502 e. The van der Waals surface area contributed by atoms with Gasteiger partial charge in [-0.05, 0) is 207 Å². The molecule has 0 saturated carbocycles. The Morgan fingerprint density at radius 3 is 1.16 bits per heavy atom. The molecule has 18 nitrogen and oxygen atoms in total. The van der Waals surface area contributed by atoms with E-state index in [0.29, 0.717) is 71.9 Å². The van der Waals surface area contributed by atoms with Crippen molar-refractivity contribution in [2.24, 2.45) is 0 Å². The molecule has 0 amide bonds. The molecule has 0 saturated heterocycles. The summed E-state index contributed by atoms with van der Waals surface area (Å²) in [6.45, 7) is 35.1. The number of hydrogen-bond acceptors (Lipinski definition) is 15. The lowest BCUT2D eigenvalue weighted by molar-refractivity contribution is 0.244. The fourth-order valence-electron chi connectivity index (χ4n) is 10.0. The summed E-state index contributed by atoms with van der Waals surface area (Å²) in [5, 5.41) is 21.2. The molecule has 18 heteroatoms. The first-order valence-corrected chi connectivity index (χ1v) is 28.8. The summed E-state index contributed by atoms with van der Waals surface area (Å²) in [5.74, 6) is -2.29. The molecule has 0 spiro atoms. The van der Waals surface area contributed by atoms with Crippen LogP contribution in [0, 0.1) is 19.7 Å². The first-order valence-electron chi connectivity index (χ1n) is 41.3. The summed E-state index contributed by atoms with van der Waals surface area (Å²) >= 11 is 0. The van der Waals surface area contributed by atoms with Crippen LogP contribution in [0.5, 0.6) is 17.2 Å². The Labute approximate surface area is 562 Å². The molecule has 3 N–H and O–H groups in total. The highest BCUT2D eigenvalue weighted by Gasteiger charge is 2.30. The van der Waals surface area contributed by atoms with E-state index in [2.05, 4.69) is 60.9 Å². The molecule has 3 aliphatic carbocycles. The van der Waals surface area contributed by atoms with Gasteiger partial charge in [-0.1, -0.05) is 90.6 Å². The first kappa shape index (κ1) is 38.8. The number of rotatable bonds is 21. The molecular formula is C72H78N12O6. The second-order valence-corrected chi connectivity index (χ2v) is 21.0. The Hall–Kier alpha value is -9.51. The SMILES string of the molecule is [2H]c1c([2H])c(-c2noc(-c3c([2H])c([2H])c(OC([2H])(C)C)c([N+]#[C-])c3[2H])n2)c2c(c1[2H])[C@@H](NC([2H])([2H])CC)CC2.[2H]c1c([2H])c(-c2noc(-c3c([2H])c([2H])c(OC([2H])(C)C)c([N+]#[C-])c3[2H])n2)c2c(c1[2H])[C@@H](NCC([2H])([2H])C)CC2.[2H]c1c([2H])c(-c2noc(-c3c([2H])c([2H])c(OC([2H])(C)C)c([N+]#[C-])c3[2H])n2)c2c(c1[2H])[C@@H](NCCC)CC2. The lowest BCUT2D eigenvalue weighted by Gasteiger charge is -2.13. The number of benzene rings is 6. The maximum atomic E-state index is 8.53. The van der Waals surface area contributed by atoms with Crippen LogP contribution in [-0.2, 0) is 19.3 Å². The minimum absolute atomic E-state index is 0.00564. The Bertz CT molecular complexity index is 5500. The van der Waals surface area contributed by atoms with Crippen LogP contribution in [0.1, 0.15) is 187 Å². The van der Waals surface area contributed by atoms with Gasteiger partial charge >= 0.3 is 0 Å². The molecule has 0 bridgehead atoms. The van der Waals surface area contributed by atoms with Gasteiger partial charge in [-0.2, -0.15) is 15.0 Å². The average molecular weight is 1230 g/mol. The zero-order chi connectivity index (χ0) is 85.3. The summed E-state index contributed by atoms with van der Waals surface area (Å²) < 4.78 is 240. The Morgan fingerprint density at radius 1 is 0.500 bits per heavy atom. The molecule has 0 unspecified atom stereocenters. The number of nitrogens with one attached hydrogen (secondary N) is 3. The maximum Gasteiger partial charge on any atom is 0.256 e. The second-order valence-electron chi connectivity index (χ2n) is 21.0. The van der Waals surface area contributed by atoms with Crippen LogP contribution in [0.4, 0.5) is 17.1 Å². The van der Waals surface area contributed by atoms with Gasteiger partial charge in [-0.15, -0.1) is 0 Å². The van der Waals surface area contributed by atoms with Gasteiger partial charge in [0.25, 0.3) is 17.7 Å². The van der Waals surface area contributed by atoms with E-state index in [9.17, 15) is 0 Å². The number of hydrogen-bond donors (Lipinski definition) is 3. The van der Waals surface area contributed by atoms with Crippen molar-refractivity contribution in [1.29, 1.82) is 0 Å². The van der Waals surface area contributed by atoms with Crippen molar-refractivity contribution < 1.29 is 62.0 Å². The molecule has 9 aromatic rings. The predicted octanol–water partition coefficient (Wildman–Crippen LogP) is 17.2. The highest BCUT2D eigenvalue weighted by molar-refractivity contribution is 5.74. The van der Waals surface area contributed by atoms with Gasteiger partial charge in [0.15, 0.2) is 0 Å². The molecule has 6 aromatic carbocycles. The van der Waals surface area contributed by atoms with Gasteiger partial charge < -0.3 is 43.7 Å². The molecule has 12 rings (SSSR count). The van der Waals surface area contributed by atoms with Crippen LogP contribution in [-0.4, -0.2) is 68.2 Å². The van der Waals surface area contributed by atoms with Gasteiger partial charge in [0, 0.05) is 61.1 Å². The van der Waals surface area contributed by atoms with E-state index in [1.165, 1.54) is 48.5 Å². The average Bonchev–Trinajstić information content (AvgIpc) is 1.70. The van der Waals surface area contributed by atoms with Crippen molar-refractivity contribution in [3.8, 4) is 85.8 Å². The van der Waals surface area contributed by atoms with Crippen LogP contribution in [0.15, 0.2) is 122 Å². The summed E-state index contributed by atoms with van der Waals surface area (Å²) in [5.41, 5.74) is 1.88. The minimum Gasteiger partial charge on any atom is -0.502 e. The van der Waals surface area contributed by atoms with Crippen molar-refractivity contribution in [3.05, 3.63) is 176 Å². The van der Waals surface area contributed by atoms with Gasteiger partial charge in [-0.25, -0.2) is 14.5 Å². The van der Waals surface area contributed by atoms with Crippen molar-refractivity contribution in [1.82, 2.24) is 46.4 Å². The van der Waals surface area contributed by atoms with E-state index in [1.54, 1.807) is 6.92 Å². The Kier molecular flexibility index (Phi) is 12.8. The number of ether oxygens (including phenoxy) is 3. The fourth-order valence-corrected chi connectivity index (χ4v) is 10.0. The summed E-state index contributed by atoms with van der Waals surface area (Å²) in [4.78, 5) is 22.8. The van der Waals surface area contributed by atoms with Crippen LogP contribution in [0.2, 0.25) is 0 Å². The summed E-state index contributed by atoms with van der Waals surface area (Å²) in [7, 11) is 0. The molecule has 3 heterocycles. The van der Waals surface area contributed by atoms with E-state index in [4.69, 9.17) is 81.8 Å². The standard InChI is InChI=1S/3C24H26N4O2/c3*1-5-13-26-20-11-10-17-18(20)7-6-8-19(17)23-27-24(30-28-23)16-9-12-22(29-15(2)3)21(14-16)25-4/h3*6-9,12,14-15,20,26H,5,10-11,13H2,1-3H3/t3*20-/m000/s1/i6D,7D,8D,9D,12D,13D2,14D,15D;5D2,6D,7D,8D,9D,12D,14D,15D;6D,7D,8D,9D,12D,14D,15D. The van der Waals surface area contributed by atoms with Crippen molar-refractivity contribution in [2.75, 3.05) is 19.6 Å². The molecule has 90 heavy (non-hydrogen) atoms. The number of aromatic nitrogens is 6. The van der Waals surface area contributed by atoms with E-state index in [1.807, 2.05) is 6.92 Å².